The van der Waals surface area contributed by atoms with Crippen molar-refractivity contribution in [1.29, 1.82) is 0 Å². The number of ether oxygens (including phenoxy) is 2. The largest absolute Gasteiger partial charge is 0.464 e. The van der Waals surface area contributed by atoms with E-state index in [0.29, 0.717) is 25.7 Å². The van der Waals surface area contributed by atoms with Crippen molar-refractivity contribution in [1.82, 2.24) is 10.6 Å². The summed E-state index contributed by atoms with van der Waals surface area (Å²) in [5.74, 6) is -1.06. The van der Waals surface area contributed by atoms with Crippen molar-refractivity contribution in [3.8, 4) is 0 Å². The van der Waals surface area contributed by atoms with Crippen molar-refractivity contribution in [2.45, 2.75) is 77.5 Å². The van der Waals surface area contributed by atoms with E-state index in [1.54, 1.807) is 27.7 Å². The molecule has 0 bridgehead atoms. The quantitative estimate of drug-likeness (QED) is 0.383. The van der Waals surface area contributed by atoms with Crippen LogP contribution in [0.3, 0.4) is 0 Å². The summed E-state index contributed by atoms with van der Waals surface area (Å²) >= 11 is 0. The highest BCUT2D eigenvalue weighted by Gasteiger charge is 2.29. The number of hydrogen-bond acceptors (Lipinski definition) is 5. The molecule has 0 aliphatic rings. The summed E-state index contributed by atoms with van der Waals surface area (Å²) in [5.41, 5.74) is 0.121. The first-order chi connectivity index (χ1) is 14.7. The van der Waals surface area contributed by atoms with Gasteiger partial charge in [-0.05, 0) is 46.1 Å². The topological polar surface area (TPSA) is 93.7 Å². The molecule has 0 aromatic heterocycles. The number of unbranched alkanes of at least 4 members (excludes halogenated alkanes) is 2. The van der Waals surface area contributed by atoms with E-state index in [4.69, 9.17) is 9.47 Å². The fraction of sp³-hybridized carbons (Fsp3) is 0.609. The second-order valence-corrected chi connectivity index (χ2v) is 8.24. The lowest BCUT2D eigenvalue weighted by Gasteiger charge is -2.25. The van der Waals surface area contributed by atoms with E-state index in [1.165, 1.54) is 0 Å². The number of esters is 1. The molecule has 2 N–H and O–H groups in total. The van der Waals surface area contributed by atoms with Crippen molar-refractivity contribution >= 4 is 18.0 Å². The number of alkyl halides is 1. The van der Waals surface area contributed by atoms with Crippen LogP contribution in [-0.4, -0.2) is 48.9 Å². The van der Waals surface area contributed by atoms with E-state index in [-0.39, 0.29) is 13.0 Å². The summed E-state index contributed by atoms with van der Waals surface area (Å²) in [6, 6.07) is 7.40. The Labute approximate surface area is 184 Å². The van der Waals surface area contributed by atoms with Crippen LogP contribution in [0.5, 0.6) is 0 Å². The summed E-state index contributed by atoms with van der Waals surface area (Å²) in [6.45, 7) is 6.63. The highest BCUT2D eigenvalue weighted by molar-refractivity contribution is 5.89. The Bertz CT molecular complexity index is 691. The van der Waals surface area contributed by atoms with Gasteiger partial charge in [0.1, 0.15) is 17.7 Å². The Morgan fingerprint density at radius 3 is 2.26 bits per heavy atom. The summed E-state index contributed by atoms with van der Waals surface area (Å²) in [5, 5.41) is 5.29. The lowest BCUT2D eigenvalue weighted by Crippen LogP contribution is -2.53. The molecule has 0 fully saturated rings. The molecule has 0 aliphatic carbocycles. The number of nitrogens with one attached hydrogen (secondary N) is 2. The lowest BCUT2D eigenvalue weighted by molar-refractivity contribution is -0.147. The Kier molecular flexibility index (Phi) is 11.6. The minimum Gasteiger partial charge on any atom is -0.464 e. The van der Waals surface area contributed by atoms with Gasteiger partial charge in [-0.1, -0.05) is 43.2 Å². The summed E-state index contributed by atoms with van der Waals surface area (Å²) in [7, 11) is 0. The number of halogens is 1. The molecule has 0 spiro atoms. The molecule has 0 aliphatic heterocycles. The van der Waals surface area contributed by atoms with Gasteiger partial charge < -0.3 is 20.1 Å². The molecule has 2 atom stereocenters. The van der Waals surface area contributed by atoms with Crippen LogP contribution in [-0.2, 0) is 25.5 Å². The SMILES string of the molecule is CCOC(=O)C(CCCCCF)NC(=O)[C@@H](Cc1ccccc1)NC(=O)OC(C)(C)C. The third-order valence-corrected chi connectivity index (χ3v) is 4.30. The fourth-order valence-corrected chi connectivity index (χ4v) is 2.89. The fourth-order valence-electron chi connectivity index (χ4n) is 2.89. The first kappa shape index (κ1) is 26.4. The first-order valence-corrected chi connectivity index (χ1v) is 10.7. The normalized spacial score (nSPS) is 13.1. The summed E-state index contributed by atoms with van der Waals surface area (Å²) < 4.78 is 22.7. The molecule has 1 aromatic rings. The van der Waals surface area contributed by atoms with Gasteiger partial charge in [0, 0.05) is 6.42 Å². The van der Waals surface area contributed by atoms with E-state index in [1.807, 2.05) is 30.3 Å². The molecule has 1 unspecified atom stereocenters. The van der Waals surface area contributed by atoms with Crippen molar-refractivity contribution in [3.05, 3.63) is 35.9 Å². The number of alkyl carbamates (subject to hydrolysis) is 1. The first-order valence-electron chi connectivity index (χ1n) is 10.7. The van der Waals surface area contributed by atoms with Gasteiger partial charge in [0.25, 0.3) is 0 Å². The predicted octanol–water partition coefficient (Wildman–Crippen LogP) is 3.70. The van der Waals surface area contributed by atoms with E-state index in [9.17, 15) is 18.8 Å². The molecule has 1 aromatic carbocycles. The molecule has 31 heavy (non-hydrogen) atoms. The molecule has 174 valence electrons. The van der Waals surface area contributed by atoms with Crippen LogP contribution >= 0.6 is 0 Å². The molecule has 2 amide bonds. The zero-order chi connectivity index (χ0) is 23.3. The number of carbonyl (C=O) groups is 3. The van der Waals surface area contributed by atoms with Crippen LogP contribution in [0.4, 0.5) is 9.18 Å². The maximum absolute atomic E-state index is 13.0. The third-order valence-electron chi connectivity index (χ3n) is 4.30. The number of rotatable bonds is 12. The summed E-state index contributed by atoms with van der Waals surface area (Å²) in [4.78, 5) is 37.6. The standard InChI is InChI=1S/C23H35FN2O5/c1-5-30-21(28)18(14-10-7-11-15-24)25-20(27)19(16-17-12-8-6-9-13-17)26-22(29)31-23(2,3)4/h6,8-9,12-13,18-19H,5,7,10-11,14-16H2,1-4H3,(H,25,27)(H,26,29)/t18?,19-/m1/s1. The molecular weight excluding hydrogens is 403 g/mol. The summed E-state index contributed by atoms with van der Waals surface area (Å²) in [6.07, 6.45) is 1.40. The molecule has 0 radical (unpaired) electrons. The average Bonchev–Trinajstić information content (AvgIpc) is 2.69. The number of amides is 2. The highest BCUT2D eigenvalue weighted by Crippen LogP contribution is 2.10. The maximum atomic E-state index is 13.0. The van der Waals surface area contributed by atoms with Gasteiger partial charge in [-0.15, -0.1) is 0 Å². The molecular formula is C23H35FN2O5. The Hall–Kier alpha value is -2.64. The number of carbonyl (C=O) groups excluding carboxylic acids is 3. The second-order valence-electron chi connectivity index (χ2n) is 8.24. The molecule has 0 saturated carbocycles. The maximum Gasteiger partial charge on any atom is 0.408 e. The van der Waals surface area contributed by atoms with E-state index in [2.05, 4.69) is 10.6 Å². The Balaban J connectivity index is 2.91. The van der Waals surface area contributed by atoms with Gasteiger partial charge in [0.05, 0.1) is 13.3 Å². The second kappa shape index (κ2) is 13.6. The van der Waals surface area contributed by atoms with Crippen LogP contribution in [0.15, 0.2) is 30.3 Å². The van der Waals surface area contributed by atoms with Crippen molar-refractivity contribution in [2.75, 3.05) is 13.3 Å². The number of benzene rings is 1. The monoisotopic (exact) mass is 438 g/mol. The minimum atomic E-state index is -0.944. The van der Waals surface area contributed by atoms with Crippen molar-refractivity contribution < 1.29 is 28.2 Å². The van der Waals surface area contributed by atoms with Gasteiger partial charge >= 0.3 is 12.1 Å². The van der Waals surface area contributed by atoms with Gasteiger partial charge in [-0.2, -0.15) is 0 Å². The molecule has 1 rings (SSSR count). The van der Waals surface area contributed by atoms with E-state index >= 15 is 0 Å². The minimum absolute atomic E-state index is 0.180. The van der Waals surface area contributed by atoms with Crippen molar-refractivity contribution in [3.63, 3.8) is 0 Å². The van der Waals surface area contributed by atoms with Crippen LogP contribution in [0, 0.1) is 0 Å². The molecule has 0 heterocycles. The number of hydrogen-bond donors (Lipinski definition) is 2. The van der Waals surface area contributed by atoms with Gasteiger partial charge in [0.2, 0.25) is 5.91 Å². The highest BCUT2D eigenvalue weighted by atomic mass is 19.1. The average molecular weight is 439 g/mol. The van der Waals surface area contributed by atoms with Crippen LogP contribution in [0.25, 0.3) is 0 Å². The van der Waals surface area contributed by atoms with Crippen LogP contribution < -0.4 is 10.6 Å². The smallest absolute Gasteiger partial charge is 0.408 e. The third kappa shape index (κ3) is 11.4. The molecule has 0 saturated heterocycles. The zero-order valence-electron chi connectivity index (χ0n) is 18.9. The Morgan fingerprint density at radius 2 is 1.68 bits per heavy atom. The van der Waals surface area contributed by atoms with Gasteiger partial charge in [-0.25, -0.2) is 9.59 Å². The Morgan fingerprint density at radius 1 is 1.00 bits per heavy atom. The van der Waals surface area contributed by atoms with E-state index in [0.717, 1.165) is 5.56 Å². The van der Waals surface area contributed by atoms with Gasteiger partial charge in [-0.3, -0.25) is 9.18 Å². The molecule has 7 nitrogen and oxygen atoms in total. The van der Waals surface area contributed by atoms with Gasteiger partial charge in [0.15, 0.2) is 0 Å². The van der Waals surface area contributed by atoms with Crippen LogP contribution in [0.1, 0.15) is 58.9 Å². The lowest BCUT2D eigenvalue weighted by atomic mass is 10.0. The predicted molar refractivity (Wildman–Crippen MR) is 116 cm³/mol. The van der Waals surface area contributed by atoms with Crippen LogP contribution in [0.2, 0.25) is 0 Å². The van der Waals surface area contributed by atoms with E-state index < -0.39 is 42.3 Å². The molecule has 8 heteroatoms. The van der Waals surface area contributed by atoms with Crippen molar-refractivity contribution in [2.24, 2.45) is 0 Å². The zero-order valence-corrected chi connectivity index (χ0v) is 18.9.